The lowest BCUT2D eigenvalue weighted by Crippen LogP contribution is -2.53. The lowest BCUT2D eigenvalue weighted by Gasteiger charge is -2.40. The van der Waals surface area contributed by atoms with E-state index in [1.165, 1.54) is 0 Å². The van der Waals surface area contributed by atoms with E-state index in [-0.39, 0.29) is 29.9 Å². The van der Waals surface area contributed by atoms with Crippen molar-refractivity contribution in [2.75, 3.05) is 43.2 Å². The first-order chi connectivity index (χ1) is 17.2. The van der Waals surface area contributed by atoms with Crippen molar-refractivity contribution >= 4 is 29.3 Å². The van der Waals surface area contributed by atoms with Crippen molar-refractivity contribution in [1.29, 1.82) is 0 Å². The van der Waals surface area contributed by atoms with E-state index >= 15 is 0 Å². The van der Waals surface area contributed by atoms with Gasteiger partial charge in [0.15, 0.2) is 5.60 Å². The van der Waals surface area contributed by atoms with E-state index in [9.17, 15) is 14.4 Å². The second-order valence-corrected chi connectivity index (χ2v) is 11.6. The highest BCUT2D eigenvalue weighted by Crippen LogP contribution is 2.41. The summed E-state index contributed by atoms with van der Waals surface area (Å²) in [6.45, 7) is 14.9. The van der Waals surface area contributed by atoms with Crippen LogP contribution in [-0.2, 0) is 19.1 Å². The van der Waals surface area contributed by atoms with Crippen molar-refractivity contribution in [2.24, 2.45) is 5.92 Å². The molecule has 37 heavy (non-hydrogen) atoms. The van der Waals surface area contributed by atoms with Crippen LogP contribution in [0.5, 0.6) is 5.75 Å². The van der Waals surface area contributed by atoms with Gasteiger partial charge in [-0.05, 0) is 85.9 Å². The Balaban J connectivity index is 1.88. The third-order valence-corrected chi connectivity index (χ3v) is 6.54. The van der Waals surface area contributed by atoms with Crippen LogP contribution in [0.2, 0.25) is 0 Å². The monoisotopic (exact) mass is 517 g/mol. The number of carbonyl (C=O) groups is 3. The lowest BCUT2D eigenvalue weighted by molar-refractivity contribution is -0.132. The van der Waals surface area contributed by atoms with Crippen molar-refractivity contribution in [2.45, 2.75) is 85.0 Å². The first-order valence-electron chi connectivity index (χ1n) is 13.2. The zero-order valence-corrected chi connectivity index (χ0v) is 23.6. The van der Waals surface area contributed by atoms with Crippen LogP contribution in [0.4, 0.5) is 16.2 Å². The fourth-order valence-corrected chi connectivity index (χ4v) is 4.84. The van der Waals surface area contributed by atoms with E-state index in [2.05, 4.69) is 0 Å². The summed E-state index contributed by atoms with van der Waals surface area (Å²) in [5.74, 6) is 0.0958. The Bertz CT molecular complexity index is 1000. The van der Waals surface area contributed by atoms with Crippen LogP contribution in [0.25, 0.3) is 0 Å². The third-order valence-electron chi connectivity index (χ3n) is 6.54. The molecule has 0 saturated carbocycles. The van der Waals surface area contributed by atoms with Crippen molar-refractivity contribution in [3.8, 4) is 5.75 Å². The number of amides is 3. The van der Waals surface area contributed by atoms with Gasteiger partial charge in [0.2, 0.25) is 5.91 Å². The summed E-state index contributed by atoms with van der Waals surface area (Å²) in [5.41, 5.74) is -0.233. The van der Waals surface area contributed by atoms with E-state index in [4.69, 9.17) is 14.2 Å². The molecule has 0 unspecified atom stereocenters. The summed E-state index contributed by atoms with van der Waals surface area (Å²) < 4.78 is 16.8. The van der Waals surface area contributed by atoms with Crippen LogP contribution in [0.1, 0.15) is 67.7 Å². The Morgan fingerprint density at radius 3 is 2.57 bits per heavy atom. The van der Waals surface area contributed by atoms with Crippen LogP contribution in [0, 0.1) is 5.92 Å². The van der Waals surface area contributed by atoms with Crippen molar-refractivity contribution in [1.82, 2.24) is 4.90 Å². The van der Waals surface area contributed by atoms with E-state index in [0.717, 1.165) is 6.42 Å². The summed E-state index contributed by atoms with van der Waals surface area (Å²) in [4.78, 5) is 44.9. The standard InChI is InChI=1S/C28H43N3O6/c1-19(2)31(24(32)20-11-9-14-29(18-20)26(34)37-27(3,4)5)21-12-13-23-22(17-21)30(15-10-16-35-8)25(33)28(6,7)36-23/h12-13,17,19-20H,9-11,14-16,18H2,1-8H3/t20-/m1/s1. The Morgan fingerprint density at radius 1 is 1.24 bits per heavy atom. The molecule has 0 radical (unpaired) electrons. The predicted molar refractivity (Wildman–Crippen MR) is 143 cm³/mol. The number of ether oxygens (including phenoxy) is 3. The summed E-state index contributed by atoms with van der Waals surface area (Å²) in [7, 11) is 1.64. The average molecular weight is 518 g/mol. The van der Waals surface area contributed by atoms with Crippen LogP contribution in [0.3, 0.4) is 0 Å². The molecule has 0 bridgehead atoms. The second kappa shape index (κ2) is 11.3. The molecule has 2 aliphatic rings. The zero-order valence-electron chi connectivity index (χ0n) is 23.6. The van der Waals surface area contributed by atoms with Crippen molar-refractivity contribution in [3.63, 3.8) is 0 Å². The summed E-state index contributed by atoms with van der Waals surface area (Å²) in [6.07, 6.45) is 1.72. The topological polar surface area (TPSA) is 88.6 Å². The maximum Gasteiger partial charge on any atom is 0.410 e. The van der Waals surface area contributed by atoms with E-state index in [1.54, 1.807) is 35.7 Å². The molecule has 9 heteroatoms. The maximum atomic E-state index is 13.8. The zero-order chi connectivity index (χ0) is 27.5. The van der Waals surface area contributed by atoms with Gasteiger partial charge >= 0.3 is 6.09 Å². The number of nitrogens with zero attached hydrogens (tertiary/aromatic N) is 3. The number of methoxy groups -OCH3 is 1. The second-order valence-electron chi connectivity index (χ2n) is 11.6. The fourth-order valence-electron chi connectivity index (χ4n) is 4.84. The van der Waals surface area contributed by atoms with Gasteiger partial charge in [-0.3, -0.25) is 9.59 Å². The first-order valence-corrected chi connectivity index (χ1v) is 13.2. The van der Waals surface area contributed by atoms with Crippen LogP contribution in [-0.4, -0.2) is 73.4 Å². The van der Waals surface area contributed by atoms with Gasteiger partial charge in [-0.1, -0.05) is 0 Å². The Hall–Kier alpha value is -2.81. The molecule has 206 valence electrons. The maximum absolute atomic E-state index is 13.8. The number of carbonyl (C=O) groups excluding carboxylic acids is 3. The lowest BCUT2D eigenvalue weighted by atomic mass is 9.95. The third kappa shape index (κ3) is 6.74. The highest BCUT2D eigenvalue weighted by molar-refractivity contribution is 6.04. The molecule has 2 aliphatic heterocycles. The molecule has 1 atom stereocenters. The fraction of sp³-hybridized carbons (Fsp3) is 0.679. The number of rotatable bonds is 7. The number of hydrogen-bond acceptors (Lipinski definition) is 6. The molecule has 2 heterocycles. The van der Waals surface area contributed by atoms with E-state index in [1.807, 2.05) is 52.8 Å². The average Bonchev–Trinajstić information content (AvgIpc) is 2.80. The molecular formula is C28H43N3O6. The van der Waals surface area contributed by atoms with Crippen LogP contribution >= 0.6 is 0 Å². The van der Waals surface area contributed by atoms with Gasteiger partial charge in [-0.15, -0.1) is 0 Å². The minimum absolute atomic E-state index is 0.0440. The molecule has 1 saturated heterocycles. The van der Waals surface area contributed by atoms with Crippen molar-refractivity contribution < 1.29 is 28.6 Å². The van der Waals surface area contributed by atoms with Gasteiger partial charge in [-0.25, -0.2) is 4.79 Å². The molecular weight excluding hydrogens is 474 g/mol. The highest BCUT2D eigenvalue weighted by atomic mass is 16.6. The van der Waals surface area contributed by atoms with Gasteiger partial charge in [0.25, 0.3) is 5.91 Å². The summed E-state index contributed by atoms with van der Waals surface area (Å²) in [5, 5.41) is 0. The Morgan fingerprint density at radius 2 is 1.95 bits per heavy atom. The number of likely N-dealkylation sites (tertiary alicyclic amines) is 1. The molecule has 9 nitrogen and oxygen atoms in total. The SMILES string of the molecule is COCCCN1C(=O)C(C)(C)Oc2ccc(N(C(=O)[C@@H]3CCCN(C(=O)OC(C)(C)C)C3)C(C)C)cc21. The van der Waals surface area contributed by atoms with Crippen LogP contribution < -0.4 is 14.5 Å². The molecule has 0 N–H and O–H groups in total. The number of fused-ring (bicyclic) bond motifs is 1. The van der Waals surface area contributed by atoms with E-state index in [0.29, 0.717) is 56.2 Å². The van der Waals surface area contributed by atoms with E-state index < -0.39 is 11.2 Å². The van der Waals surface area contributed by atoms with Gasteiger partial charge in [-0.2, -0.15) is 0 Å². The van der Waals surface area contributed by atoms with Gasteiger partial charge in [0.05, 0.1) is 11.6 Å². The minimum Gasteiger partial charge on any atom is -0.476 e. The molecule has 1 aromatic carbocycles. The molecule has 0 aromatic heterocycles. The molecule has 3 rings (SSSR count). The molecule has 0 spiro atoms. The molecule has 1 aromatic rings. The molecule has 3 amide bonds. The smallest absolute Gasteiger partial charge is 0.410 e. The van der Waals surface area contributed by atoms with Gasteiger partial charge in [0, 0.05) is 45.1 Å². The number of hydrogen-bond donors (Lipinski definition) is 0. The summed E-state index contributed by atoms with van der Waals surface area (Å²) in [6, 6.07) is 5.44. The Kier molecular flexibility index (Phi) is 8.78. The number of piperidine rings is 1. The van der Waals surface area contributed by atoms with Gasteiger partial charge < -0.3 is 28.9 Å². The summed E-state index contributed by atoms with van der Waals surface area (Å²) >= 11 is 0. The quantitative estimate of drug-likeness (QED) is 0.491. The highest BCUT2D eigenvalue weighted by Gasteiger charge is 2.41. The predicted octanol–water partition coefficient (Wildman–Crippen LogP) is 4.62. The van der Waals surface area contributed by atoms with Crippen molar-refractivity contribution in [3.05, 3.63) is 18.2 Å². The molecule has 1 fully saturated rings. The largest absolute Gasteiger partial charge is 0.476 e. The number of benzene rings is 1. The minimum atomic E-state index is -0.984. The van der Waals surface area contributed by atoms with Crippen LogP contribution in [0.15, 0.2) is 18.2 Å². The normalized spacial score (nSPS) is 19.4. The van der Waals surface area contributed by atoms with Gasteiger partial charge in [0.1, 0.15) is 11.4 Å². The Labute approximate surface area is 221 Å². The first kappa shape index (κ1) is 28.8. The molecule has 0 aliphatic carbocycles. The number of anilines is 2.